The van der Waals surface area contributed by atoms with E-state index in [9.17, 15) is 19.1 Å². The summed E-state index contributed by atoms with van der Waals surface area (Å²) in [4.78, 5) is 28.5. The molecule has 0 bridgehead atoms. The Kier molecular flexibility index (Phi) is 6.04. The Hall–Kier alpha value is -2.80. The van der Waals surface area contributed by atoms with Gasteiger partial charge in [0, 0.05) is 17.4 Å². The molecule has 5 nitrogen and oxygen atoms in total. The van der Waals surface area contributed by atoms with Crippen LogP contribution in [0.25, 0.3) is 22.0 Å². The van der Waals surface area contributed by atoms with Crippen LogP contribution in [0.1, 0.15) is 30.3 Å². The topological polar surface area (TPSA) is 76.5 Å². The number of halogens is 2. The van der Waals surface area contributed by atoms with Crippen LogP contribution >= 0.6 is 15.9 Å². The van der Waals surface area contributed by atoms with Crippen molar-refractivity contribution in [1.29, 1.82) is 0 Å². The number of carbonyl (C=O) groups excluding carboxylic acids is 2. The van der Waals surface area contributed by atoms with Crippen molar-refractivity contribution >= 4 is 38.6 Å². The molecule has 1 N–H and O–H groups in total. The van der Waals surface area contributed by atoms with Gasteiger partial charge in [0.05, 0.1) is 23.0 Å². The molecule has 0 radical (unpaired) electrons. The maximum Gasteiger partial charge on any atom is 0.306 e. The predicted octanol–water partition coefficient (Wildman–Crippen LogP) is 5.04. The minimum absolute atomic E-state index is 0.0942. The minimum Gasteiger partial charge on any atom is -0.504 e. The van der Waals surface area contributed by atoms with Crippen LogP contribution in [0.15, 0.2) is 46.9 Å². The van der Waals surface area contributed by atoms with Gasteiger partial charge in [-0.05, 0) is 40.5 Å². The number of ketones is 1. The van der Waals surface area contributed by atoms with E-state index in [1.54, 1.807) is 37.3 Å². The third kappa shape index (κ3) is 4.04. The number of pyridine rings is 1. The van der Waals surface area contributed by atoms with E-state index in [2.05, 4.69) is 20.9 Å². The first-order chi connectivity index (χ1) is 13.4. The lowest BCUT2D eigenvalue weighted by Crippen LogP contribution is -2.09. The first kappa shape index (κ1) is 19.9. The number of ether oxygens (including phenoxy) is 1. The van der Waals surface area contributed by atoms with Crippen LogP contribution in [0.5, 0.6) is 5.75 Å². The van der Waals surface area contributed by atoms with Crippen LogP contribution in [0.4, 0.5) is 4.39 Å². The SMILES string of the molecule is CCOC(=O)CCC(=O)c1nc2c(-c3ccc(F)cc3)cccc2c(Br)c1O. The molecule has 0 aliphatic carbocycles. The Bertz CT molecular complexity index is 1050. The summed E-state index contributed by atoms with van der Waals surface area (Å²) in [5.74, 6) is -1.59. The second kappa shape index (κ2) is 8.48. The van der Waals surface area contributed by atoms with E-state index in [0.29, 0.717) is 20.9 Å². The molecule has 2 aromatic carbocycles. The molecule has 7 heteroatoms. The number of Topliss-reactive ketones (excluding diaryl/α,β-unsaturated/α-hetero) is 1. The highest BCUT2D eigenvalue weighted by Gasteiger charge is 2.21. The summed E-state index contributed by atoms with van der Waals surface area (Å²) in [7, 11) is 0. The number of para-hydroxylation sites is 1. The summed E-state index contributed by atoms with van der Waals surface area (Å²) < 4.78 is 18.4. The summed E-state index contributed by atoms with van der Waals surface area (Å²) in [6, 6.07) is 11.3. The monoisotopic (exact) mass is 445 g/mol. The number of aromatic nitrogens is 1. The number of hydrogen-bond acceptors (Lipinski definition) is 5. The van der Waals surface area contributed by atoms with Gasteiger partial charge >= 0.3 is 5.97 Å². The summed E-state index contributed by atoms with van der Waals surface area (Å²) in [6.45, 7) is 1.92. The zero-order valence-electron chi connectivity index (χ0n) is 15.0. The van der Waals surface area contributed by atoms with Crippen LogP contribution in [0.3, 0.4) is 0 Å². The summed E-state index contributed by atoms with van der Waals surface area (Å²) in [5.41, 5.74) is 1.77. The Labute approximate surface area is 169 Å². The molecule has 0 aliphatic rings. The van der Waals surface area contributed by atoms with Gasteiger partial charge in [-0.1, -0.05) is 30.3 Å². The van der Waals surface area contributed by atoms with Crippen molar-refractivity contribution in [2.45, 2.75) is 19.8 Å². The summed E-state index contributed by atoms with van der Waals surface area (Å²) in [5, 5.41) is 11.0. The highest BCUT2D eigenvalue weighted by molar-refractivity contribution is 9.10. The van der Waals surface area contributed by atoms with E-state index >= 15 is 0 Å². The molecule has 0 spiro atoms. The van der Waals surface area contributed by atoms with Crippen molar-refractivity contribution in [3.63, 3.8) is 0 Å². The molecule has 28 heavy (non-hydrogen) atoms. The van der Waals surface area contributed by atoms with Crippen LogP contribution in [-0.4, -0.2) is 28.4 Å². The number of carbonyl (C=O) groups is 2. The van der Waals surface area contributed by atoms with E-state index in [4.69, 9.17) is 4.74 Å². The van der Waals surface area contributed by atoms with Crippen molar-refractivity contribution in [1.82, 2.24) is 4.98 Å². The molecule has 0 fully saturated rings. The van der Waals surface area contributed by atoms with Gasteiger partial charge in [-0.25, -0.2) is 9.37 Å². The third-order valence-corrected chi connectivity index (χ3v) is 5.01. The van der Waals surface area contributed by atoms with Crippen molar-refractivity contribution in [2.24, 2.45) is 0 Å². The highest BCUT2D eigenvalue weighted by atomic mass is 79.9. The van der Waals surface area contributed by atoms with E-state index in [1.165, 1.54) is 12.1 Å². The zero-order chi connectivity index (χ0) is 20.3. The number of esters is 1. The molecule has 144 valence electrons. The van der Waals surface area contributed by atoms with Gasteiger partial charge in [0.15, 0.2) is 11.5 Å². The van der Waals surface area contributed by atoms with E-state index in [1.807, 2.05) is 0 Å². The molecular formula is C21H17BrFNO4. The van der Waals surface area contributed by atoms with Crippen LogP contribution in [-0.2, 0) is 9.53 Å². The molecule has 0 aliphatic heterocycles. The second-order valence-corrected chi connectivity index (χ2v) is 6.85. The molecule has 0 unspecified atom stereocenters. The van der Waals surface area contributed by atoms with Crippen LogP contribution in [0, 0.1) is 5.82 Å². The maximum atomic E-state index is 13.3. The van der Waals surface area contributed by atoms with Crippen molar-refractivity contribution < 1.29 is 23.8 Å². The smallest absolute Gasteiger partial charge is 0.306 e. The molecule has 1 heterocycles. The van der Waals surface area contributed by atoms with Crippen LogP contribution < -0.4 is 0 Å². The number of hydrogen-bond donors (Lipinski definition) is 1. The Morgan fingerprint density at radius 3 is 2.54 bits per heavy atom. The first-order valence-electron chi connectivity index (χ1n) is 8.68. The standard InChI is InChI=1S/C21H17BrFNO4/c1-2-28-17(26)11-10-16(25)20-21(27)18(22)15-5-3-4-14(19(15)24-20)12-6-8-13(23)9-7-12/h3-9,27H,2,10-11H2,1H3. The molecule has 3 rings (SSSR count). The lowest BCUT2D eigenvalue weighted by molar-refractivity contribution is -0.143. The van der Waals surface area contributed by atoms with Gasteiger partial charge in [0.1, 0.15) is 11.5 Å². The van der Waals surface area contributed by atoms with Gasteiger partial charge in [-0.15, -0.1) is 0 Å². The highest BCUT2D eigenvalue weighted by Crippen LogP contribution is 2.38. The quantitative estimate of drug-likeness (QED) is 0.425. The maximum absolute atomic E-state index is 13.3. The Morgan fingerprint density at radius 2 is 1.86 bits per heavy atom. The fourth-order valence-corrected chi connectivity index (χ4v) is 3.37. The molecular weight excluding hydrogens is 429 g/mol. The molecule has 0 atom stereocenters. The minimum atomic E-state index is -0.484. The predicted molar refractivity (Wildman–Crippen MR) is 107 cm³/mol. The van der Waals surface area contributed by atoms with Crippen molar-refractivity contribution in [3.05, 3.63) is 58.4 Å². The number of aromatic hydroxyl groups is 1. The van der Waals surface area contributed by atoms with Crippen molar-refractivity contribution in [3.8, 4) is 16.9 Å². The summed E-state index contributed by atoms with van der Waals surface area (Å²) >= 11 is 3.33. The van der Waals surface area contributed by atoms with Gasteiger partial charge in [0.25, 0.3) is 0 Å². The van der Waals surface area contributed by atoms with Crippen LogP contribution in [0.2, 0.25) is 0 Å². The Balaban J connectivity index is 2.06. The van der Waals surface area contributed by atoms with Crippen molar-refractivity contribution in [2.75, 3.05) is 6.61 Å². The van der Waals surface area contributed by atoms with Gasteiger partial charge in [-0.3, -0.25) is 9.59 Å². The van der Waals surface area contributed by atoms with E-state index in [-0.39, 0.29) is 36.7 Å². The molecule has 0 amide bonds. The summed E-state index contributed by atoms with van der Waals surface area (Å²) in [6.07, 6.45) is -0.223. The van der Waals surface area contributed by atoms with E-state index in [0.717, 1.165) is 5.56 Å². The molecule has 3 aromatic rings. The molecule has 0 saturated heterocycles. The van der Waals surface area contributed by atoms with Gasteiger partial charge in [0.2, 0.25) is 0 Å². The Morgan fingerprint density at radius 1 is 1.14 bits per heavy atom. The first-order valence-corrected chi connectivity index (χ1v) is 9.47. The number of fused-ring (bicyclic) bond motifs is 1. The fraction of sp³-hybridized carbons (Fsp3) is 0.190. The number of benzene rings is 2. The number of nitrogens with zero attached hydrogens (tertiary/aromatic N) is 1. The molecule has 0 saturated carbocycles. The zero-order valence-corrected chi connectivity index (χ0v) is 16.6. The lowest BCUT2D eigenvalue weighted by Gasteiger charge is -2.12. The fourth-order valence-electron chi connectivity index (χ4n) is 2.86. The number of rotatable bonds is 6. The molecule has 1 aromatic heterocycles. The second-order valence-electron chi connectivity index (χ2n) is 6.06. The van der Waals surface area contributed by atoms with Gasteiger partial charge in [-0.2, -0.15) is 0 Å². The van der Waals surface area contributed by atoms with E-state index < -0.39 is 11.8 Å². The normalized spacial score (nSPS) is 10.8. The average Bonchev–Trinajstić information content (AvgIpc) is 2.69. The van der Waals surface area contributed by atoms with Gasteiger partial charge < -0.3 is 9.84 Å². The average molecular weight is 446 g/mol. The largest absolute Gasteiger partial charge is 0.504 e. The third-order valence-electron chi connectivity index (χ3n) is 4.21. The lowest BCUT2D eigenvalue weighted by atomic mass is 10.0.